The first-order valence-corrected chi connectivity index (χ1v) is 7.33. The van der Waals surface area contributed by atoms with Gasteiger partial charge in [0.05, 0.1) is 0 Å². The van der Waals surface area contributed by atoms with Gasteiger partial charge in [-0.1, -0.05) is 0 Å². The molecule has 0 atom stereocenters. The molecular formula is C7H15ClZn. The van der Waals surface area contributed by atoms with E-state index in [1.165, 1.54) is 24.3 Å². The quantitative estimate of drug-likeness (QED) is 0.472. The largest absolute Gasteiger partial charge is 0.147 e. The molecule has 0 aliphatic rings. The summed E-state index contributed by atoms with van der Waals surface area (Å²) in [6.07, 6.45) is 4.25. The molecular weight excluding hydrogens is 185 g/mol. The van der Waals surface area contributed by atoms with Gasteiger partial charge in [0, 0.05) is 0 Å². The zero-order valence-electron chi connectivity index (χ0n) is 6.23. The van der Waals surface area contributed by atoms with Crippen LogP contribution in [0.4, 0.5) is 0 Å². The standard InChI is InChI=1S/C5H11.C2H3.ClH.Zn/c1-3-5-4-2;1-2;;/h1,3-5H2,2H3;1H,2H2;1H;. The van der Waals surface area contributed by atoms with E-state index in [-0.39, 0.29) is 29.5 Å². The molecule has 0 aromatic heterocycles. The first-order valence-electron chi connectivity index (χ1n) is 3.52. The minimum atomic E-state index is -0.195. The molecule has 9 heavy (non-hydrogen) atoms. The van der Waals surface area contributed by atoms with Gasteiger partial charge in [0.25, 0.3) is 0 Å². The molecule has 0 aromatic rings. The van der Waals surface area contributed by atoms with Gasteiger partial charge >= 0.3 is 59.6 Å². The van der Waals surface area contributed by atoms with Crippen molar-refractivity contribution in [3.8, 4) is 0 Å². The molecule has 0 saturated carbocycles. The molecule has 0 nitrogen and oxygen atoms in total. The average Bonchev–Trinajstić information content (AvgIpc) is 1.81. The first kappa shape index (κ1) is 12.3. The normalized spacial score (nSPS) is 7.22. The third kappa shape index (κ3) is 12.0. The van der Waals surface area contributed by atoms with Gasteiger partial charge < -0.3 is 0 Å². The summed E-state index contributed by atoms with van der Waals surface area (Å²) in [6.45, 7) is 5.99. The van der Waals surface area contributed by atoms with Crippen molar-refractivity contribution < 1.29 is 17.1 Å². The Morgan fingerprint density at radius 2 is 2.11 bits per heavy atom. The van der Waals surface area contributed by atoms with E-state index in [4.69, 9.17) is 0 Å². The number of rotatable bonds is 5. The van der Waals surface area contributed by atoms with Crippen molar-refractivity contribution in [2.45, 2.75) is 31.2 Å². The van der Waals surface area contributed by atoms with Crippen molar-refractivity contribution in [2.24, 2.45) is 0 Å². The smallest absolute Gasteiger partial charge is 0.147 e. The molecule has 0 spiro atoms. The van der Waals surface area contributed by atoms with Crippen LogP contribution >= 0.6 is 12.4 Å². The summed E-state index contributed by atoms with van der Waals surface area (Å²) in [5, 5.41) is 1.52. The van der Waals surface area contributed by atoms with Crippen molar-refractivity contribution in [1.29, 1.82) is 0 Å². The predicted molar refractivity (Wildman–Crippen MR) is 41.8 cm³/mol. The molecule has 0 rings (SSSR count). The van der Waals surface area contributed by atoms with Crippen LogP contribution in [0, 0.1) is 0 Å². The topological polar surface area (TPSA) is 0 Å². The van der Waals surface area contributed by atoms with Crippen LogP contribution in [0.25, 0.3) is 0 Å². The molecule has 0 aromatic carbocycles. The van der Waals surface area contributed by atoms with E-state index in [2.05, 4.69) is 18.2 Å². The second kappa shape index (κ2) is 11.5. The number of halogens is 1. The molecule has 0 amide bonds. The van der Waals surface area contributed by atoms with E-state index in [0.29, 0.717) is 0 Å². The maximum absolute atomic E-state index is 3.74. The third-order valence-electron chi connectivity index (χ3n) is 1.26. The SMILES string of the molecule is C=[CH][Zn][CH2]CCCC.Cl. The molecule has 0 saturated heterocycles. The Morgan fingerprint density at radius 3 is 2.56 bits per heavy atom. The zero-order chi connectivity index (χ0) is 6.24. The van der Waals surface area contributed by atoms with Gasteiger partial charge in [0.2, 0.25) is 0 Å². The van der Waals surface area contributed by atoms with Crippen LogP contribution < -0.4 is 0 Å². The monoisotopic (exact) mass is 198 g/mol. The Morgan fingerprint density at radius 1 is 1.44 bits per heavy atom. The third-order valence-corrected chi connectivity index (χ3v) is 4.02. The summed E-state index contributed by atoms with van der Waals surface area (Å²) >= 11 is -0.195. The summed E-state index contributed by atoms with van der Waals surface area (Å²) in [6, 6.07) is 0. The van der Waals surface area contributed by atoms with Crippen molar-refractivity contribution >= 4 is 12.4 Å². The van der Waals surface area contributed by atoms with Crippen molar-refractivity contribution in [1.82, 2.24) is 0 Å². The molecule has 0 heterocycles. The van der Waals surface area contributed by atoms with Crippen LogP contribution in [0.15, 0.2) is 11.2 Å². The maximum Gasteiger partial charge on any atom is -0.147 e. The van der Waals surface area contributed by atoms with Crippen LogP contribution in [-0.2, 0) is 17.1 Å². The number of unbranched alkanes of at least 4 members (excludes halogenated alkanes) is 2. The van der Waals surface area contributed by atoms with Crippen molar-refractivity contribution in [3.05, 3.63) is 11.2 Å². The van der Waals surface area contributed by atoms with E-state index < -0.39 is 0 Å². The number of hydrogen-bond donors (Lipinski definition) is 0. The zero-order valence-corrected chi connectivity index (χ0v) is 10.0. The van der Waals surface area contributed by atoms with Gasteiger partial charge in [-0.15, -0.1) is 12.4 Å². The molecule has 0 aliphatic carbocycles. The summed E-state index contributed by atoms with van der Waals surface area (Å²) < 4.78 is 2.18. The van der Waals surface area contributed by atoms with Crippen LogP contribution in [0.1, 0.15) is 26.2 Å². The fraction of sp³-hybridized carbons (Fsp3) is 0.714. The second-order valence-corrected chi connectivity index (χ2v) is 6.04. The van der Waals surface area contributed by atoms with Crippen molar-refractivity contribution in [3.63, 3.8) is 0 Å². The molecule has 52 valence electrons. The summed E-state index contributed by atoms with van der Waals surface area (Å²) in [5.74, 6) is 0. The minimum Gasteiger partial charge on any atom is -0.147 e. The van der Waals surface area contributed by atoms with Gasteiger partial charge in [0.15, 0.2) is 0 Å². The molecule has 0 N–H and O–H groups in total. The molecule has 0 bridgehead atoms. The Labute approximate surface area is 72.1 Å². The molecule has 0 fully saturated rings. The van der Waals surface area contributed by atoms with Gasteiger partial charge in [-0.25, -0.2) is 0 Å². The first-order chi connectivity index (χ1) is 3.91. The summed E-state index contributed by atoms with van der Waals surface area (Å²) in [4.78, 5) is 0. The predicted octanol–water partition coefficient (Wildman–Crippen LogP) is 3.24. The molecule has 0 aliphatic heterocycles. The van der Waals surface area contributed by atoms with Crippen LogP contribution in [-0.4, -0.2) is 0 Å². The van der Waals surface area contributed by atoms with E-state index >= 15 is 0 Å². The van der Waals surface area contributed by atoms with Crippen LogP contribution in [0.5, 0.6) is 0 Å². The average molecular weight is 200 g/mol. The maximum atomic E-state index is 3.74. The second-order valence-electron chi connectivity index (χ2n) is 2.14. The summed E-state index contributed by atoms with van der Waals surface area (Å²) in [5.41, 5.74) is 0. The summed E-state index contributed by atoms with van der Waals surface area (Å²) in [7, 11) is 0. The molecule has 0 unspecified atom stereocenters. The van der Waals surface area contributed by atoms with Gasteiger partial charge in [-0.3, -0.25) is 0 Å². The van der Waals surface area contributed by atoms with Crippen LogP contribution in [0.2, 0.25) is 5.02 Å². The van der Waals surface area contributed by atoms with E-state index in [0.717, 1.165) is 0 Å². The fourth-order valence-corrected chi connectivity index (χ4v) is 2.67. The van der Waals surface area contributed by atoms with Gasteiger partial charge in [-0.2, -0.15) is 0 Å². The van der Waals surface area contributed by atoms with Gasteiger partial charge in [0.1, 0.15) is 0 Å². The van der Waals surface area contributed by atoms with E-state index in [9.17, 15) is 0 Å². The number of hydrogen-bond acceptors (Lipinski definition) is 0. The Balaban J connectivity index is 0. The van der Waals surface area contributed by atoms with Gasteiger partial charge in [-0.05, 0) is 0 Å². The van der Waals surface area contributed by atoms with E-state index in [1.54, 1.807) is 0 Å². The Kier molecular flexibility index (Phi) is 15.7. The Bertz CT molecular complexity index is 54.9. The van der Waals surface area contributed by atoms with Crippen molar-refractivity contribution in [2.75, 3.05) is 0 Å². The van der Waals surface area contributed by atoms with Crippen LogP contribution in [0.3, 0.4) is 0 Å². The Hall–Kier alpha value is 0.653. The fourth-order valence-electron chi connectivity index (χ4n) is 0.715. The minimum absolute atomic E-state index is 0. The molecule has 0 radical (unpaired) electrons. The van der Waals surface area contributed by atoms with E-state index in [1.807, 2.05) is 0 Å². The molecule has 2 heteroatoms.